The standard InChI is InChI=1S/C25H26BrNO4SSi/c1-30-22-18(14-17-10-7-9-16-8-5-6-11-19(16)17)15-20(28)27-21(23(26)32-24(22)27)25(29)31-12-13-33(2,3)4/h5-11,15H,12-14H2,1-4H3. The number of pyridine rings is 1. The number of nitrogens with zero attached hydrogens (tertiary/aromatic N) is 1. The zero-order valence-corrected chi connectivity index (χ0v) is 22.5. The quantitative estimate of drug-likeness (QED) is 0.200. The van der Waals surface area contributed by atoms with Gasteiger partial charge in [0.2, 0.25) is 0 Å². The van der Waals surface area contributed by atoms with Gasteiger partial charge in [0.05, 0.1) is 13.7 Å². The Morgan fingerprint density at radius 3 is 2.55 bits per heavy atom. The number of methoxy groups -OCH3 is 1. The van der Waals surface area contributed by atoms with Gasteiger partial charge in [-0.2, -0.15) is 0 Å². The highest BCUT2D eigenvalue weighted by Crippen LogP contribution is 2.36. The van der Waals surface area contributed by atoms with Gasteiger partial charge in [0.1, 0.15) is 8.62 Å². The van der Waals surface area contributed by atoms with Gasteiger partial charge in [-0.1, -0.05) is 62.1 Å². The van der Waals surface area contributed by atoms with E-state index < -0.39 is 14.0 Å². The maximum absolute atomic E-state index is 13.2. The number of carbonyl (C=O) groups is 1. The molecule has 33 heavy (non-hydrogen) atoms. The number of benzene rings is 2. The topological polar surface area (TPSA) is 57.0 Å². The van der Waals surface area contributed by atoms with Crippen LogP contribution in [-0.4, -0.2) is 32.2 Å². The van der Waals surface area contributed by atoms with Gasteiger partial charge in [0.15, 0.2) is 11.4 Å². The number of rotatable bonds is 7. The first-order valence-corrected chi connectivity index (χ1v) is 16.1. The summed E-state index contributed by atoms with van der Waals surface area (Å²) in [7, 11) is 0.248. The van der Waals surface area contributed by atoms with Crippen molar-refractivity contribution < 1.29 is 14.3 Å². The Hall–Kier alpha value is -2.42. The van der Waals surface area contributed by atoms with E-state index in [0.717, 1.165) is 27.9 Å². The average molecular weight is 545 g/mol. The third-order valence-corrected chi connectivity index (χ3v) is 9.05. The summed E-state index contributed by atoms with van der Waals surface area (Å²) in [6, 6.07) is 16.8. The first-order chi connectivity index (χ1) is 15.7. The molecule has 0 atom stereocenters. The Balaban J connectivity index is 1.75. The van der Waals surface area contributed by atoms with E-state index in [1.165, 1.54) is 15.7 Å². The molecular weight excluding hydrogens is 518 g/mol. The Kier molecular flexibility index (Phi) is 6.79. The highest BCUT2D eigenvalue weighted by Gasteiger charge is 2.25. The van der Waals surface area contributed by atoms with E-state index in [1.807, 2.05) is 18.2 Å². The van der Waals surface area contributed by atoms with Crippen LogP contribution >= 0.6 is 27.3 Å². The molecule has 2 heterocycles. The van der Waals surface area contributed by atoms with Gasteiger partial charge in [-0.05, 0) is 38.3 Å². The normalized spacial score (nSPS) is 11.8. The van der Waals surface area contributed by atoms with Crippen molar-refractivity contribution >= 4 is 56.9 Å². The average Bonchev–Trinajstić information content (AvgIpc) is 3.11. The predicted molar refractivity (Wildman–Crippen MR) is 141 cm³/mol. The third-order valence-electron chi connectivity index (χ3n) is 5.55. The van der Waals surface area contributed by atoms with Crippen molar-refractivity contribution in [2.45, 2.75) is 32.1 Å². The molecule has 0 amide bonds. The van der Waals surface area contributed by atoms with E-state index >= 15 is 0 Å². The molecule has 0 N–H and O–H groups in total. The van der Waals surface area contributed by atoms with Crippen LogP contribution in [0, 0.1) is 0 Å². The summed E-state index contributed by atoms with van der Waals surface area (Å²) in [4.78, 5) is 26.6. The number of fused-ring (bicyclic) bond motifs is 2. The van der Waals surface area contributed by atoms with Crippen LogP contribution in [0.3, 0.4) is 0 Å². The minimum absolute atomic E-state index is 0.214. The van der Waals surface area contributed by atoms with E-state index in [9.17, 15) is 9.59 Å². The summed E-state index contributed by atoms with van der Waals surface area (Å²) >= 11 is 4.78. The lowest BCUT2D eigenvalue weighted by atomic mass is 9.98. The Bertz CT molecular complexity index is 1400. The highest BCUT2D eigenvalue weighted by molar-refractivity contribution is 9.11. The van der Waals surface area contributed by atoms with Gasteiger partial charge < -0.3 is 9.47 Å². The van der Waals surface area contributed by atoms with Crippen molar-refractivity contribution in [2.24, 2.45) is 0 Å². The molecular formula is C25H26BrNO4SSi. The lowest BCUT2D eigenvalue weighted by Crippen LogP contribution is -2.24. The molecule has 2 aromatic heterocycles. The van der Waals surface area contributed by atoms with Gasteiger partial charge in [-0.15, -0.1) is 11.3 Å². The summed E-state index contributed by atoms with van der Waals surface area (Å²) in [6.07, 6.45) is 0.543. The van der Waals surface area contributed by atoms with Crippen LogP contribution in [0.25, 0.3) is 15.6 Å². The maximum atomic E-state index is 13.2. The molecule has 0 aliphatic heterocycles. The molecule has 2 aromatic carbocycles. The molecule has 4 rings (SSSR count). The van der Waals surface area contributed by atoms with Crippen molar-refractivity contribution in [1.29, 1.82) is 0 Å². The minimum atomic E-state index is -1.34. The lowest BCUT2D eigenvalue weighted by molar-refractivity contribution is 0.0516. The summed E-state index contributed by atoms with van der Waals surface area (Å²) < 4.78 is 13.2. The number of hydrogen-bond acceptors (Lipinski definition) is 5. The fraction of sp³-hybridized carbons (Fsp3) is 0.280. The molecule has 0 saturated heterocycles. The van der Waals surface area contributed by atoms with E-state index in [2.05, 4.69) is 59.8 Å². The zero-order valence-electron chi connectivity index (χ0n) is 19.1. The van der Waals surface area contributed by atoms with Crippen molar-refractivity contribution in [3.05, 3.63) is 79.5 Å². The van der Waals surface area contributed by atoms with Gasteiger partial charge in [0, 0.05) is 26.1 Å². The fourth-order valence-corrected chi connectivity index (χ4v) is 6.37. The predicted octanol–water partition coefficient (Wildman–Crippen LogP) is 6.37. The van der Waals surface area contributed by atoms with Crippen molar-refractivity contribution in [3.8, 4) is 5.75 Å². The van der Waals surface area contributed by atoms with Crippen LogP contribution in [0.15, 0.2) is 57.1 Å². The van der Waals surface area contributed by atoms with Crippen LogP contribution in [-0.2, 0) is 11.2 Å². The summed E-state index contributed by atoms with van der Waals surface area (Å²) in [5, 5.41) is 2.29. The molecule has 4 aromatic rings. The van der Waals surface area contributed by atoms with Crippen LogP contribution in [0.5, 0.6) is 5.75 Å². The smallest absolute Gasteiger partial charge is 0.357 e. The molecule has 0 aliphatic carbocycles. The summed E-state index contributed by atoms with van der Waals surface area (Å²) in [5.74, 6) is 0.0896. The van der Waals surface area contributed by atoms with Gasteiger partial charge in [-0.3, -0.25) is 9.20 Å². The second-order valence-corrected chi connectivity index (χ2v) is 17.1. The number of esters is 1. The molecule has 8 heteroatoms. The molecule has 0 unspecified atom stereocenters. The monoisotopic (exact) mass is 543 g/mol. The molecule has 172 valence electrons. The first-order valence-electron chi connectivity index (χ1n) is 10.7. The second kappa shape index (κ2) is 9.44. The minimum Gasteiger partial charge on any atom is -0.493 e. The number of hydrogen-bond donors (Lipinski definition) is 0. The van der Waals surface area contributed by atoms with Crippen LogP contribution in [0.2, 0.25) is 25.7 Å². The number of carbonyl (C=O) groups excluding carboxylic acids is 1. The van der Waals surface area contributed by atoms with Gasteiger partial charge >= 0.3 is 5.97 Å². The van der Waals surface area contributed by atoms with Gasteiger partial charge in [0.25, 0.3) is 5.56 Å². The fourth-order valence-electron chi connectivity index (χ4n) is 3.83. The van der Waals surface area contributed by atoms with E-state index in [0.29, 0.717) is 27.4 Å². The van der Waals surface area contributed by atoms with Crippen molar-refractivity contribution in [1.82, 2.24) is 4.40 Å². The maximum Gasteiger partial charge on any atom is 0.357 e. The lowest BCUT2D eigenvalue weighted by Gasteiger charge is -2.15. The van der Waals surface area contributed by atoms with E-state index in [-0.39, 0.29) is 11.3 Å². The molecule has 0 bridgehead atoms. The molecule has 0 spiro atoms. The van der Waals surface area contributed by atoms with Crippen molar-refractivity contribution in [3.63, 3.8) is 0 Å². The molecule has 0 aliphatic rings. The largest absolute Gasteiger partial charge is 0.493 e. The zero-order chi connectivity index (χ0) is 23.8. The second-order valence-electron chi connectivity index (χ2n) is 9.17. The van der Waals surface area contributed by atoms with Crippen LogP contribution in [0.4, 0.5) is 0 Å². The SMILES string of the molecule is COc1c(Cc2cccc3ccccc23)cc(=O)n2c(C(=O)OCC[Si](C)(C)C)c(Br)sc12. The summed E-state index contributed by atoms with van der Waals surface area (Å²) in [5.41, 5.74) is 1.83. The Morgan fingerprint density at radius 1 is 1.09 bits per heavy atom. The van der Waals surface area contributed by atoms with Crippen molar-refractivity contribution in [2.75, 3.05) is 13.7 Å². The Labute approximate surface area is 206 Å². The Morgan fingerprint density at radius 2 is 1.82 bits per heavy atom. The van der Waals surface area contributed by atoms with Gasteiger partial charge in [-0.25, -0.2) is 4.79 Å². The van der Waals surface area contributed by atoms with E-state index in [1.54, 1.807) is 13.2 Å². The molecule has 0 radical (unpaired) electrons. The van der Waals surface area contributed by atoms with E-state index in [4.69, 9.17) is 9.47 Å². The number of thiazole rings is 1. The van der Waals surface area contributed by atoms with Crippen LogP contribution < -0.4 is 10.3 Å². The van der Waals surface area contributed by atoms with Crippen LogP contribution in [0.1, 0.15) is 21.6 Å². The molecule has 5 nitrogen and oxygen atoms in total. The number of aromatic nitrogens is 1. The molecule has 0 fully saturated rings. The summed E-state index contributed by atoms with van der Waals surface area (Å²) in [6.45, 7) is 7.03. The number of halogens is 1. The highest BCUT2D eigenvalue weighted by atomic mass is 79.9. The third kappa shape index (κ3) is 4.93. The molecule has 0 saturated carbocycles. The first kappa shape index (κ1) is 23.7. The number of ether oxygens (including phenoxy) is 2.